The molecule has 1 aromatic heterocycles. The number of nitrogens with zero attached hydrogens (tertiary/aromatic N) is 1. The first kappa shape index (κ1) is 13.8. The summed E-state index contributed by atoms with van der Waals surface area (Å²) in [5.74, 6) is 0.649. The standard InChI is InChI=1S/C14H15N3O3/c18-9-12-8-16-13(17-12)6-7-15-14(19)20-10-11-4-2-1-3-5-11/h1-5,8-9H,6-7,10H2,(H,15,19)(H,16,17). The maximum Gasteiger partial charge on any atom is 0.407 e. The number of alkyl carbamates (subject to hydrolysis) is 1. The van der Waals surface area contributed by atoms with E-state index in [1.165, 1.54) is 6.20 Å². The molecule has 6 heteroatoms. The minimum absolute atomic E-state index is 0.239. The number of benzene rings is 1. The van der Waals surface area contributed by atoms with Gasteiger partial charge in [0.1, 0.15) is 12.4 Å². The van der Waals surface area contributed by atoms with Crippen molar-refractivity contribution in [2.24, 2.45) is 0 Å². The molecule has 0 saturated carbocycles. The second-order valence-corrected chi connectivity index (χ2v) is 4.14. The highest BCUT2D eigenvalue weighted by Crippen LogP contribution is 2.00. The highest BCUT2D eigenvalue weighted by molar-refractivity contribution is 5.71. The second-order valence-electron chi connectivity index (χ2n) is 4.14. The molecule has 1 heterocycles. The summed E-state index contributed by atoms with van der Waals surface area (Å²) in [5.41, 5.74) is 1.36. The minimum Gasteiger partial charge on any atom is -0.445 e. The summed E-state index contributed by atoms with van der Waals surface area (Å²) in [6.45, 7) is 0.627. The van der Waals surface area contributed by atoms with Crippen LogP contribution in [-0.2, 0) is 17.8 Å². The Labute approximate surface area is 116 Å². The van der Waals surface area contributed by atoms with Crippen molar-refractivity contribution in [2.45, 2.75) is 13.0 Å². The molecule has 0 unspecified atom stereocenters. The smallest absolute Gasteiger partial charge is 0.407 e. The van der Waals surface area contributed by atoms with Crippen molar-refractivity contribution in [3.63, 3.8) is 0 Å². The van der Waals surface area contributed by atoms with E-state index in [1.54, 1.807) is 0 Å². The summed E-state index contributed by atoms with van der Waals surface area (Å²) >= 11 is 0. The Bertz CT molecular complexity index is 566. The van der Waals surface area contributed by atoms with Crippen LogP contribution in [0.3, 0.4) is 0 Å². The molecule has 0 aliphatic rings. The average Bonchev–Trinajstić information content (AvgIpc) is 2.94. The molecule has 0 bridgehead atoms. The SMILES string of the molecule is O=Cc1cnc(CCNC(=O)OCc2ccccc2)[nH]1. The maximum absolute atomic E-state index is 11.4. The van der Waals surface area contributed by atoms with Gasteiger partial charge in [0.15, 0.2) is 6.29 Å². The van der Waals surface area contributed by atoms with E-state index in [0.29, 0.717) is 30.8 Å². The zero-order valence-electron chi connectivity index (χ0n) is 10.8. The van der Waals surface area contributed by atoms with E-state index in [1.807, 2.05) is 30.3 Å². The number of amides is 1. The van der Waals surface area contributed by atoms with Gasteiger partial charge in [-0.3, -0.25) is 4.79 Å². The molecule has 104 valence electrons. The van der Waals surface area contributed by atoms with Crippen molar-refractivity contribution < 1.29 is 14.3 Å². The van der Waals surface area contributed by atoms with Gasteiger partial charge in [-0.1, -0.05) is 30.3 Å². The zero-order valence-corrected chi connectivity index (χ0v) is 10.8. The van der Waals surface area contributed by atoms with Gasteiger partial charge in [0, 0.05) is 13.0 Å². The Morgan fingerprint density at radius 3 is 2.85 bits per heavy atom. The van der Waals surface area contributed by atoms with Crippen molar-refractivity contribution in [2.75, 3.05) is 6.54 Å². The Balaban J connectivity index is 1.66. The normalized spacial score (nSPS) is 10.0. The van der Waals surface area contributed by atoms with Crippen LogP contribution < -0.4 is 5.32 Å². The van der Waals surface area contributed by atoms with E-state index < -0.39 is 6.09 Å². The molecule has 0 atom stereocenters. The summed E-state index contributed by atoms with van der Waals surface area (Å²) in [7, 11) is 0. The van der Waals surface area contributed by atoms with E-state index in [2.05, 4.69) is 15.3 Å². The van der Waals surface area contributed by atoms with E-state index >= 15 is 0 Å². The number of nitrogens with one attached hydrogen (secondary N) is 2. The average molecular weight is 273 g/mol. The molecule has 0 aliphatic heterocycles. The maximum atomic E-state index is 11.4. The molecule has 0 fully saturated rings. The lowest BCUT2D eigenvalue weighted by Gasteiger charge is -2.06. The second kappa shape index (κ2) is 7.08. The van der Waals surface area contributed by atoms with Crippen molar-refractivity contribution in [3.05, 3.63) is 53.6 Å². The lowest BCUT2D eigenvalue weighted by molar-refractivity contribution is 0.111. The van der Waals surface area contributed by atoms with Crippen molar-refractivity contribution in [3.8, 4) is 0 Å². The first-order chi connectivity index (χ1) is 9.78. The van der Waals surface area contributed by atoms with Crippen LogP contribution in [-0.4, -0.2) is 28.9 Å². The molecular weight excluding hydrogens is 258 g/mol. The Hall–Kier alpha value is -2.63. The predicted molar refractivity (Wildman–Crippen MR) is 72.3 cm³/mol. The topological polar surface area (TPSA) is 84.1 Å². The fourth-order valence-electron chi connectivity index (χ4n) is 1.62. The summed E-state index contributed by atoms with van der Waals surface area (Å²) in [4.78, 5) is 28.7. The first-order valence-corrected chi connectivity index (χ1v) is 6.21. The first-order valence-electron chi connectivity index (χ1n) is 6.21. The Morgan fingerprint density at radius 1 is 1.35 bits per heavy atom. The third kappa shape index (κ3) is 4.24. The monoisotopic (exact) mass is 273 g/mol. The molecule has 0 aliphatic carbocycles. The van der Waals surface area contributed by atoms with Crippen LogP contribution in [0.4, 0.5) is 4.79 Å². The van der Waals surface area contributed by atoms with Crippen LogP contribution in [0.2, 0.25) is 0 Å². The fraction of sp³-hybridized carbons (Fsp3) is 0.214. The number of hydrogen-bond acceptors (Lipinski definition) is 4. The van der Waals surface area contributed by atoms with Gasteiger partial charge in [-0.25, -0.2) is 9.78 Å². The van der Waals surface area contributed by atoms with Crippen LogP contribution in [0.5, 0.6) is 0 Å². The minimum atomic E-state index is -0.476. The van der Waals surface area contributed by atoms with Gasteiger partial charge in [-0.2, -0.15) is 0 Å². The van der Waals surface area contributed by atoms with Crippen LogP contribution in [0.25, 0.3) is 0 Å². The van der Waals surface area contributed by atoms with Gasteiger partial charge in [0.2, 0.25) is 0 Å². The third-order valence-electron chi connectivity index (χ3n) is 2.62. The third-order valence-corrected chi connectivity index (χ3v) is 2.62. The lowest BCUT2D eigenvalue weighted by atomic mass is 10.2. The molecule has 6 nitrogen and oxygen atoms in total. The van der Waals surface area contributed by atoms with E-state index in [-0.39, 0.29) is 6.61 Å². The van der Waals surface area contributed by atoms with Crippen LogP contribution in [0.15, 0.2) is 36.5 Å². The van der Waals surface area contributed by atoms with Gasteiger partial charge < -0.3 is 15.0 Å². The van der Waals surface area contributed by atoms with Crippen LogP contribution in [0.1, 0.15) is 21.9 Å². The molecule has 0 radical (unpaired) electrons. The summed E-state index contributed by atoms with van der Waals surface area (Å²) < 4.78 is 5.06. The largest absolute Gasteiger partial charge is 0.445 e. The molecule has 2 aromatic rings. The number of carbonyl (C=O) groups is 2. The molecule has 2 N–H and O–H groups in total. The summed E-state index contributed by atoms with van der Waals surface area (Å²) in [5, 5.41) is 2.62. The summed E-state index contributed by atoms with van der Waals surface area (Å²) in [6.07, 6.45) is 2.18. The van der Waals surface area contributed by atoms with Crippen molar-refractivity contribution >= 4 is 12.4 Å². The quantitative estimate of drug-likeness (QED) is 0.784. The molecule has 0 saturated heterocycles. The number of aromatic amines is 1. The van der Waals surface area contributed by atoms with Crippen LogP contribution in [0, 0.1) is 0 Å². The van der Waals surface area contributed by atoms with Crippen LogP contribution >= 0.6 is 0 Å². The number of ether oxygens (including phenoxy) is 1. The molecule has 1 amide bonds. The highest BCUT2D eigenvalue weighted by Gasteiger charge is 2.04. The molecule has 0 spiro atoms. The number of H-pyrrole nitrogens is 1. The van der Waals surface area contributed by atoms with Gasteiger partial charge in [0.05, 0.1) is 11.9 Å². The fourth-order valence-corrected chi connectivity index (χ4v) is 1.62. The number of imidazole rings is 1. The Kier molecular flexibility index (Phi) is 4.88. The van der Waals surface area contributed by atoms with E-state index in [4.69, 9.17) is 4.74 Å². The van der Waals surface area contributed by atoms with Crippen molar-refractivity contribution in [1.29, 1.82) is 0 Å². The van der Waals surface area contributed by atoms with Gasteiger partial charge in [-0.05, 0) is 5.56 Å². The number of aromatic nitrogens is 2. The lowest BCUT2D eigenvalue weighted by Crippen LogP contribution is -2.26. The number of carbonyl (C=O) groups excluding carboxylic acids is 2. The van der Waals surface area contributed by atoms with E-state index in [9.17, 15) is 9.59 Å². The van der Waals surface area contributed by atoms with Gasteiger partial charge in [-0.15, -0.1) is 0 Å². The number of rotatable bonds is 6. The molecular formula is C14H15N3O3. The Morgan fingerprint density at radius 2 is 2.15 bits per heavy atom. The molecule has 1 aromatic carbocycles. The van der Waals surface area contributed by atoms with Crippen molar-refractivity contribution in [1.82, 2.24) is 15.3 Å². The van der Waals surface area contributed by atoms with E-state index in [0.717, 1.165) is 5.56 Å². The molecule has 20 heavy (non-hydrogen) atoms. The summed E-state index contributed by atoms with van der Waals surface area (Å²) in [6, 6.07) is 9.45. The zero-order chi connectivity index (χ0) is 14.2. The highest BCUT2D eigenvalue weighted by atomic mass is 16.5. The number of aldehydes is 1. The van der Waals surface area contributed by atoms with Gasteiger partial charge in [0.25, 0.3) is 0 Å². The molecule has 2 rings (SSSR count). The predicted octanol–water partition coefficient (Wildman–Crippen LogP) is 1.69. The van der Waals surface area contributed by atoms with Gasteiger partial charge >= 0.3 is 6.09 Å². The number of hydrogen-bond donors (Lipinski definition) is 2.